The summed E-state index contributed by atoms with van der Waals surface area (Å²) >= 11 is 1.64. The van der Waals surface area contributed by atoms with E-state index in [2.05, 4.69) is 27.6 Å². The monoisotopic (exact) mass is 249 g/mol. The first-order valence-electron chi connectivity index (χ1n) is 5.52. The van der Waals surface area contributed by atoms with E-state index in [4.69, 9.17) is 4.74 Å². The summed E-state index contributed by atoms with van der Waals surface area (Å²) in [7, 11) is 1.64. The molecule has 0 radical (unpaired) electrons. The van der Waals surface area contributed by atoms with Crippen LogP contribution in [0.5, 0.6) is 5.75 Å². The topological polar surface area (TPSA) is 47.0 Å². The van der Waals surface area contributed by atoms with Crippen LogP contribution in [0.4, 0.5) is 5.82 Å². The van der Waals surface area contributed by atoms with E-state index in [-0.39, 0.29) is 0 Å². The number of thiophene rings is 1. The third-order valence-electron chi connectivity index (χ3n) is 2.35. The molecule has 0 fully saturated rings. The fourth-order valence-electron chi connectivity index (χ4n) is 1.54. The van der Waals surface area contributed by atoms with Gasteiger partial charge in [-0.1, -0.05) is 6.92 Å². The normalized spacial score (nSPS) is 10.2. The van der Waals surface area contributed by atoms with E-state index in [1.54, 1.807) is 24.8 Å². The minimum Gasteiger partial charge on any atom is -0.491 e. The molecule has 90 valence electrons. The van der Waals surface area contributed by atoms with Crippen molar-refractivity contribution in [3.05, 3.63) is 23.2 Å². The molecule has 0 aliphatic rings. The Morgan fingerprint density at radius 3 is 2.94 bits per heavy atom. The fourth-order valence-corrected chi connectivity index (χ4v) is 2.18. The summed E-state index contributed by atoms with van der Waals surface area (Å²) in [6.07, 6.45) is 2.61. The molecular formula is C12H15N3OS. The number of aromatic nitrogens is 2. The molecule has 0 amide bonds. The summed E-state index contributed by atoms with van der Waals surface area (Å²) in [6, 6.07) is 2.03. The van der Waals surface area contributed by atoms with Crippen molar-refractivity contribution >= 4 is 17.2 Å². The minimum atomic E-state index is 0.708. The van der Waals surface area contributed by atoms with Crippen molar-refractivity contribution in [1.82, 2.24) is 9.97 Å². The van der Waals surface area contributed by atoms with Crippen LogP contribution in [0, 0.1) is 0 Å². The van der Waals surface area contributed by atoms with Crippen LogP contribution in [-0.4, -0.2) is 23.6 Å². The number of methoxy groups -OCH3 is 1. The summed E-state index contributed by atoms with van der Waals surface area (Å²) in [5.41, 5.74) is 1.90. The lowest BCUT2D eigenvalue weighted by molar-refractivity contribution is 0.414. The van der Waals surface area contributed by atoms with E-state index < -0.39 is 0 Å². The lowest BCUT2D eigenvalue weighted by Gasteiger charge is -2.11. The number of hydrogen-bond donors (Lipinski definition) is 1. The third kappa shape index (κ3) is 2.55. The molecule has 2 heterocycles. The van der Waals surface area contributed by atoms with Crippen LogP contribution in [0.2, 0.25) is 0 Å². The predicted octanol–water partition coefficient (Wildman–Crippen LogP) is 3.04. The van der Waals surface area contributed by atoms with Gasteiger partial charge in [-0.15, -0.1) is 0 Å². The van der Waals surface area contributed by atoms with Crippen molar-refractivity contribution in [3.8, 4) is 17.0 Å². The van der Waals surface area contributed by atoms with Gasteiger partial charge in [-0.25, -0.2) is 9.97 Å². The molecule has 0 atom stereocenters. The van der Waals surface area contributed by atoms with Gasteiger partial charge in [0.15, 0.2) is 11.6 Å². The van der Waals surface area contributed by atoms with E-state index in [1.807, 2.05) is 11.4 Å². The Balaban J connectivity index is 2.39. The van der Waals surface area contributed by atoms with Crippen LogP contribution in [0.3, 0.4) is 0 Å². The molecule has 0 aliphatic heterocycles. The zero-order valence-corrected chi connectivity index (χ0v) is 10.8. The zero-order valence-electron chi connectivity index (χ0n) is 9.93. The van der Waals surface area contributed by atoms with Gasteiger partial charge in [0.2, 0.25) is 0 Å². The molecule has 0 unspecified atom stereocenters. The maximum atomic E-state index is 5.41. The SMILES string of the molecule is CCCNc1ncnc(-c2ccsc2)c1OC. The maximum Gasteiger partial charge on any atom is 0.187 e. The molecule has 0 saturated carbocycles. The molecule has 0 aliphatic carbocycles. The van der Waals surface area contributed by atoms with Crippen LogP contribution in [-0.2, 0) is 0 Å². The molecule has 0 spiro atoms. The molecule has 5 heteroatoms. The fraction of sp³-hybridized carbons (Fsp3) is 0.333. The Kier molecular flexibility index (Phi) is 3.93. The van der Waals surface area contributed by atoms with Gasteiger partial charge in [-0.3, -0.25) is 0 Å². The number of nitrogens with one attached hydrogen (secondary N) is 1. The molecular weight excluding hydrogens is 234 g/mol. The molecule has 0 saturated heterocycles. The summed E-state index contributed by atoms with van der Waals surface area (Å²) < 4.78 is 5.41. The van der Waals surface area contributed by atoms with Crippen molar-refractivity contribution in [1.29, 1.82) is 0 Å². The number of ether oxygens (including phenoxy) is 1. The van der Waals surface area contributed by atoms with Gasteiger partial charge < -0.3 is 10.1 Å². The van der Waals surface area contributed by atoms with Gasteiger partial charge in [0.25, 0.3) is 0 Å². The van der Waals surface area contributed by atoms with Gasteiger partial charge in [0, 0.05) is 17.5 Å². The van der Waals surface area contributed by atoms with Crippen molar-refractivity contribution in [2.24, 2.45) is 0 Å². The predicted molar refractivity (Wildman–Crippen MR) is 70.7 cm³/mol. The Morgan fingerprint density at radius 2 is 2.29 bits per heavy atom. The summed E-state index contributed by atoms with van der Waals surface area (Å²) in [5, 5.41) is 7.32. The van der Waals surface area contributed by atoms with Crippen LogP contribution >= 0.6 is 11.3 Å². The van der Waals surface area contributed by atoms with Crippen LogP contribution < -0.4 is 10.1 Å². The van der Waals surface area contributed by atoms with Crippen molar-refractivity contribution in [3.63, 3.8) is 0 Å². The standard InChI is InChI=1S/C12H15N3OS/c1-3-5-13-12-11(16-2)10(14-8-15-12)9-4-6-17-7-9/h4,6-8H,3,5H2,1-2H3,(H,13,14,15). The van der Waals surface area contributed by atoms with E-state index >= 15 is 0 Å². The Morgan fingerprint density at radius 1 is 1.41 bits per heavy atom. The van der Waals surface area contributed by atoms with Crippen molar-refractivity contribution in [2.45, 2.75) is 13.3 Å². The Hall–Kier alpha value is -1.62. The van der Waals surface area contributed by atoms with Crippen LogP contribution in [0.1, 0.15) is 13.3 Å². The maximum absolute atomic E-state index is 5.41. The first-order chi connectivity index (χ1) is 8.36. The van der Waals surface area contributed by atoms with Gasteiger partial charge in [-0.05, 0) is 17.9 Å². The van der Waals surface area contributed by atoms with Crippen molar-refractivity contribution in [2.75, 3.05) is 19.0 Å². The van der Waals surface area contributed by atoms with Crippen LogP contribution in [0.25, 0.3) is 11.3 Å². The molecule has 2 rings (SSSR count). The van der Waals surface area contributed by atoms with Gasteiger partial charge in [-0.2, -0.15) is 11.3 Å². The zero-order chi connectivity index (χ0) is 12.1. The molecule has 0 aromatic carbocycles. The highest BCUT2D eigenvalue weighted by Gasteiger charge is 2.13. The third-order valence-corrected chi connectivity index (χ3v) is 3.03. The minimum absolute atomic E-state index is 0.708. The Labute approximate surface area is 105 Å². The molecule has 2 aromatic rings. The molecule has 4 nitrogen and oxygen atoms in total. The summed E-state index contributed by atoms with van der Waals surface area (Å²) in [5.74, 6) is 1.46. The summed E-state index contributed by atoms with van der Waals surface area (Å²) in [4.78, 5) is 8.51. The first kappa shape index (κ1) is 11.9. The second-order valence-electron chi connectivity index (χ2n) is 3.54. The largest absolute Gasteiger partial charge is 0.491 e. The van der Waals surface area contributed by atoms with Crippen molar-refractivity contribution < 1.29 is 4.74 Å². The van der Waals surface area contributed by atoms with E-state index in [9.17, 15) is 0 Å². The smallest absolute Gasteiger partial charge is 0.187 e. The molecule has 2 aromatic heterocycles. The van der Waals surface area contributed by atoms with E-state index in [0.717, 1.165) is 30.0 Å². The van der Waals surface area contributed by atoms with Gasteiger partial charge in [0.05, 0.1) is 7.11 Å². The second kappa shape index (κ2) is 5.63. The number of nitrogens with zero attached hydrogens (tertiary/aromatic N) is 2. The lowest BCUT2D eigenvalue weighted by Crippen LogP contribution is -2.05. The van der Waals surface area contributed by atoms with E-state index in [1.165, 1.54) is 0 Å². The average Bonchev–Trinajstić information content (AvgIpc) is 2.89. The highest BCUT2D eigenvalue weighted by Crippen LogP contribution is 2.33. The average molecular weight is 249 g/mol. The highest BCUT2D eigenvalue weighted by atomic mass is 32.1. The highest BCUT2D eigenvalue weighted by molar-refractivity contribution is 7.08. The molecule has 17 heavy (non-hydrogen) atoms. The second-order valence-corrected chi connectivity index (χ2v) is 4.32. The number of hydrogen-bond acceptors (Lipinski definition) is 5. The van der Waals surface area contributed by atoms with Crippen LogP contribution in [0.15, 0.2) is 23.2 Å². The summed E-state index contributed by atoms with van der Waals surface area (Å²) in [6.45, 7) is 2.98. The number of rotatable bonds is 5. The lowest BCUT2D eigenvalue weighted by atomic mass is 10.2. The molecule has 1 N–H and O–H groups in total. The van der Waals surface area contributed by atoms with Gasteiger partial charge in [0.1, 0.15) is 12.0 Å². The van der Waals surface area contributed by atoms with Gasteiger partial charge >= 0.3 is 0 Å². The number of anilines is 1. The molecule has 0 bridgehead atoms. The first-order valence-corrected chi connectivity index (χ1v) is 6.46. The quantitative estimate of drug-likeness (QED) is 0.884. The van der Waals surface area contributed by atoms with E-state index in [0.29, 0.717) is 5.75 Å². The Bertz CT molecular complexity index is 471.